The fourth-order valence-corrected chi connectivity index (χ4v) is 3.83. The molecule has 2 fully saturated rings. The number of esters is 1. The van der Waals surface area contributed by atoms with Crippen LogP contribution in [0.25, 0.3) is 0 Å². The molecule has 0 spiro atoms. The molecule has 8 nitrogen and oxygen atoms in total. The Morgan fingerprint density at radius 3 is 2.21 bits per heavy atom. The lowest BCUT2D eigenvalue weighted by atomic mass is 10.1. The number of ether oxygens (including phenoxy) is 1. The monoisotopic (exact) mass is 389 g/mol. The van der Waals surface area contributed by atoms with Crippen LogP contribution in [-0.2, 0) is 9.53 Å². The minimum atomic E-state index is -0.688. The van der Waals surface area contributed by atoms with Crippen LogP contribution in [0, 0.1) is 10.1 Å². The average molecular weight is 389 g/mol. The van der Waals surface area contributed by atoms with Crippen molar-refractivity contribution in [1.82, 2.24) is 4.90 Å². The smallest absolute Gasteiger partial charge is 0.341 e. The van der Waals surface area contributed by atoms with Crippen LogP contribution in [0.1, 0.15) is 55.3 Å². The topological polar surface area (TPSA) is 93.0 Å². The quantitative estimate of drug-likeness (QED) is 0.436. The lowest BCUT2D eigenvalue weighted by Crippen LogP contribution is -2.35. The third-order valence-corrected chi connectivity index (χ3v) is 5.39. The summed E-state index contributed by atoms with van der Waals surface area (Å²) in [5.74, 6) is -0.896. The van der Waals surface area contributed by atoms with Crippen LogP contribution in [0.15, 0.2) is 18.2 Å². The van der Waals surface area contributed by atoms with Gasteiger partial charge in [-0.1, -0.05) is 12.8 Å². The molecule has 0 saturated carbocycles. The largest absolute Gasteiger partial charge is 0.452 e. The number of anilines is 1. The van der Waals surface area contributed by atoms with Crippen LogP contribution in [0.2, 0.25) is 0 Å². The first-order chi connectivity index (χ1) is 13.6. The second kappa shape index (κ2) is 9.52. The first-order valence-corrected chi connectivity index (χ1v) is 10.0. The Hall–Kier alpha value is -2.64. The second-order valence-electron chi connectivity index (χ2n) is 7.38. The zero-order chi connectivity index (χ0) is 19.9. The first kappa shape index (κ1) is 20.1. The highest BCUT2D eigenvalue weighted by atomic mass is 16.6. The van der Waals surface area contributed by atoms with Crippen molar-refractivity contribution in [3.05, 3.63) is 33.9 Å². The van der Waals surface area contributed by atoms with Gasteiger partial charge in [0.15, 0.2) is 6.61 Å². The molecule has 0 atom stereocenters. The Kier molecular flexibility index (Phi) is 6.84. The number of nitro benzene ring substituents is 1. The van der Waals surface area contributed by atoms with Crippen molar-refractivity contribution in [1.29, 1.82) is 0 Å². The van der Waals surface area contributed by atoms with Crippen molar-refractivity contribution in [2.24, 2.45) is 0 Å². The number of amides is 1. The number of carbonyl (C=O) groups excluding carboxylic acids is 2. The summed E-state index contributed by atoms with van der Waals surface area (Å²) in [6, 6.07) is 4.27. The summed E-state index contributed by atoms with van der Waals surface area (Å²) >= 11 is 0. The highest BCUT2D eigenvalue weighted by Gasteiger charge is 2.24. The molecule has 0 N–H and O–H groups in total. The first-order valence-electron chi connectivity index (χ1n) is 10.0. The number of rotatable bonds is 5. The number of likely N-dealkylation sites (tertiary alicyclic amines) is 1. The van der Waals surface area contributed by atoms with E-state index in [0.717, 1.165) is 58.0 Å². The minimum Gasteiger partial charge on any atom is -0.452 e. The maximum atomic E-state index is 12.7. The maximum Gasteiger partial charge on any atom is 0.341 e. The molecule has 3 rings (SSSR count). The van der Waals surface area contributed by atoms with Gasteiger partial charge in [-0.25, -0.2) is 4.79 Å². The Morgan fingerprint density at radius 2 is 1.57 bits per heavy atom. The molecule has 1 aromatic carbocycles. The van der Waals surface area contributed by atoms with E-state index in [-0.39, 0.29) is 23.8 Å². The Labute approximate surface area is 164 Å². The molecule has 0 bridgehead atoms. The molecule has 0 aliphatic carbocycles. The van der Waals surface area contributed by atoms with E-state index in [4.69, 9.17) is 4.74 Å². The van der Waals surface area contributed by atoms with Gasteiger partial charge in [0.1, 0.15) is 0 Å². The minimum absolute atomic E-state index is 0.153. The van der Waals surface area contributed by atoms with Gasteiger partial charge in [0.05, 0.1) is 16.2 Å². The van der Waals surface area contributed by atoms with Gasteiger partial charge < -0.3 is 14.5 Å². The van der Waals surface area contributed by atoms with E-state index in [2.05, 4.69) is 4.90 Å². The molecular weight excluding hydrogens is 362 g/mol. The van der Waals surface area contributed by atoms with Gasteiger partial charge in [0.25, 0.3) is 11.6 Å². The van der Waals surface area contributed by atoms with Crippen molar-refractivity contribution in [2.45, 2.75) is 44.9 Å². The molecule has 2 aliphatic rings. The Morgan fingerprint density at radius 1 is 0.964 bits per heavy atom. The summed E-state index contributed by atoms with van der Waals surface area (Å²) in [5, 5.41) is 11.1. The predicted molar refractivity (Wildman–Crippen MR) is 104 cm³/mol. The van der Waals surface area contributed by atoms with Crippen molar-refractivity contribution in [3.63, 3.8) is 0 Å². The van der Waals surface area contributed by atoms with Gasteiger partial charge in [-0.2, -0.15) is 0 Å². The average Bonchev–Trinajstić information content (AvgIpc) is 3.01. The molecule has 0 unspecified atom stereocenters. The van der Waals surface area contributed by atoms with Gasteiger partial charge >= 0.3 is 5.97 Å². The summed E-state index contributed by atoms with van der Waals surface area (Å²) in [5.41, 5.74) is 0.629. The number of nitrogens with zero attached hydrogens (tertiary/aromatic N) is 3. The predicted octanol–water partition coefficient (Wildman–Crippen LogP) is 3.14. The molecule has 152 valence electrons. The van der Waals surface area contributed by atoms with E-state index in [1.54, 1.807) is 11.0 Å². The van der Waals surface area contributed by atoms with Gasteiger partial charge in [-0.3, -0.25) is 14.9 Å². The van der Waals surface area contributed by atoms with E-state index in [9.17, 15) is 19.7 Å². The number of non-ortho nitro benzene ring substituents is 1. The van der Waals surface area contributed by atoms with Crippen molar-refractivity contribution < 1.29 is 19.2 Å². The van der Waals surface area contributed by atoms with Crippen LogP contribution in [-0.4, -0.2) is 54.5 Å². The molecule has 0 radical (unpaired) electrons. The Bertz CT molecular complexity index is 723. The number of nitro groups is 1. The van der Waals surface area contributed by atoms with Crippen molar-refractivity contribution >= 4 is 23.3 Å². The molecule has 1 amide bonds. The lowest BCUT2D eigenvalue weighted by Gasteiger charge is -2.30. The van der Waals surface area contributed by atoms with E-state index < -0.39 is 10.9 Å². The SMILES string of the molecule is O=C(OCC(=O)N1CCCCCC1)c1cc([N+](=O)[O-])ccc1N1CCCCC1. The summed E-state index contributed by atoms with van der Waals surface area (Å²) < 4.78 is 5.27. The zero-order valence-corrected chi connectivity index (χ0v) is 16.1. The molecular formula is C20H27N3O5. The number of hydrogen-bond acceptors (Lipinski definition) is 6. The van der Waals surface area contributed by atoms with E-state index in [1.165, 1.54) is 12.1 Å². The van der Waals surface area contributed by atoms with E-state index >= 15 is 0 Å². The number of hydrogen-bond donors (Lipinski definition) is 0. The zero-order valence-electron chi connectivity index (χ0n) is 16.1. The number of benzene rings is 1. The van der Waals surface area contributed by atoms with E-state index in [0.29, 0.717) is 18.8 Å². The summed E-state index contributed by atoms with van der Waals surface area (Å²) in [4.78, 5) is 39.5. The van der Waals surface area contributed by atoms with Crippen LogP contribution in [0.5, 0.6) is 0 Å². The highest BCUT2D eigenvalue weighted by Crippen LogP contribution is 2.28. The standard InChI is InChI=1S/C20H27N3O5/c24-19(22-12-4-1-2-5-13-22)15-28-20(25)17-14-16(23(26)27)8-9-18(17)21-10-6-3-7-11-21/h8-9,14H,1-7,10-13,15H2. The Balaban J connectivity index is 1.72. The van der Waals surface area contributed by atoms with Crippen LogP contribution in [0.4, 0.5) is 11.4 Å². The fraction of sp³-hybridized carbons (Fsp3) is 0.600. The van der Waals surface area contributed by atoms with Gasteiger partial charge in [0.2, 0.25) is 0 Å². The van der Waals surface area contributed by atoms with Gasteiger partial charge in [-0.15, -0.1) is 0 Å². The number of piperidine rings is 1. The third-order valence-electron chi connectivity index (χ3n) is 5.39. The normalized spacial score (nSPS) is 17.7. The van der Waals surface area contributed by atoms with Gasteiger partial charge in [0, 0.05) is 38.3 Å². The molecule has 2 saturated heterocycles. The fourth-order valence-electron chi connectivity index (χ4n) is 3.83. The number of carbonyl (C=O) groups is 2. The van der Waals surface area contributed by atoms with Crippen molar-refractivity contribution in [3.8, 4) is 0 Å². The highest BCUT2D eigenvalue weighted by molar-refractivity contribution is 5.97. The van der Waals surface area contributed by atoms with Gasteiger partial charge in [-0.05, 0) is 38.2 Å². The summed E-state index contributed by atoms with van der Waals surface area (Å²) in [7, 11) is 0. The second-order valence-corrected chi connectivity index (χ2v) is 7.38. The van der Waals surface area contributed by atoms with Crippen LogP contribution >= 0.6 is 0 Å². The van der Waals surface area contributed by atoms with Crippen LogP contribution in [0.3, 0.4) is 0 Å². The molecule has 2 aliphatic heterocycles. The molecule has 1 aromatic rings. The molecule has 2 heterocycles. The van der Waals surface area contributed by atoms with Crippen molar-refractivity contribution in [2.75, 3.05) is 37.7 Å². The maximum absolute atomic E-state index is 12.7. The lowest BCUT2D eigenvalue weighted by molar-refractivity contribution is -0.384. The third kappa shape index (κ3) is 4.99. The molecule has 28 heavy (non-hydrogen) atoms. The summed E-state index contributed by atoms with van der Waals surface area (Å²) in [6.07, 6.45) is 7.30. The van der Waals surface area contributed by atoms with E-state index in [1.807, 2.05) is 0 Å². The molecule has 0 aromatic heterocycles. The van der Waals surface area contributed by atoms with Crippen LogP contribution < -0.4 is 4.90 Å². The molecule has 8 heteroatoms. The summed E-state index contributed by atoms with van der Waals surface area (Å²) in [6.45, 7) is 2.63.